The second-order valence-corrected chi connectivity index (χ2v) is 10.8. The molecule has 3 aromatic carbocycles. The molecular weight excluding hydrogens is 583 g/mol. The van der Waals surface area contributed by atoms with E-state index in [0.717, 1.165) is 10.5 Å². The molecule has 9 nitrogen and oxygen atoms in total. The van der Waals surface area contributed by atoms with Crippen molar-refractivity contribution in [3.05, 3.63) is 102 Å². The average molecular weight is 600 g/mol. The minimum absolute atomic E-state index is 0.0259. The Hall–Kier alpha value is -2.83. The van der Waals surface area contributed by atoms with Crippen LogP contribution in [0.4, 0.5) is 5.69 Å². The number of hydrogen-bond donors (Lipinski definition) is 1. The third-order valence-electron chi connectivity index (χ3n) is 4.66. The molecule has 0 aliphatic rings. The van der Waals surface area contributed by atoms with E-state index in [2.05, 4.69) is 26.5 Å². The Bertz CT molecular complexity index is 1380. The van der Waals surface area contributed by atoms with Gasteiger partial charge in [0, 0.05) is 27.1 Å². The molecule has 3 rings (SSSR count). The molecule has 0 spiro atoms. The summed E-state index contributed by atoms with van der Waals surface area (Å²) in [6.07, 6.45) is 1.11. The van der Waals surface area contributed by atoms with E-state index in [0.29, 0.717) is 15.1 Å². The molecule has 0 atom stereocenters. The predicted molar refractivity (Wildman–Crippen MR) is 137 cm³/mol. The second-order valence-electron chi connectivity index (χ2n) is 7.07. The van der Waals surface area contributed by atoms with Gasteiger partial charge in [-0.3, -0.25) is 14.9 Å². The van der Waals surface area contributed by atoms with Crippen LogP contribution in [0.1, 0.15) is 11.1 Å². The summed E-state index contributed by atoms with van der Waals surface area (Å²) in [6.45, 7) is -0.804. The Kier molecular flexibility index (Phi) is 8.98. The van der Waals surface area contributed by atoms with Crippen molar-refractivity contribution >= 4 is 67.0 Å². The average Bonchev–Trinajstić information content (AvgIpc) is 2.80. The van der Waals surface area contributed by atoms with Crippen LogP contribution in [0.3, 0.4) is 0 Å². The summed E-state index contributed by atoms with van der Waals surface area (Å²) in [5, 5.41) is 15.5. The molecular formula is C22H17BrCl2N4O5S. The minimum atomic E-state index is -4.11. The number of carbonyl (C=O) groups excluding carboxylic acids is 1. The van der Waals surface area contributed by atoms with Crippen LogP contribution in [0.15, 0.2) is 81.2 Å². The molecule has 0 saturated carbocycles. The largest absolute Gasteiger partial charge is 0.278 e. The number of hydrazone groups is 1. The third kappa shape index (κ3) is 7.09. The van der Waals surface area contributed by atoms with Gasteiger partial charge in [0.25, 0.3) is 11.6 Å². The number of carbonyl (C=O) groups is 1. The van der Waals surface area contributed by atoms with Crippen LogP contribution in [0.2, 0.25) is 10.0 Å². The third-order valence-corrected chi connectivity index (χ3v) is 7.58. The Labute approximate surface area is 219 Å². The molecule has 182 valence electrons. The van der Waals surface area contributed by atoms with Gasteiger partial charge >= 0.3 is 0 Å². The van der Waals surface area contributed by atoms with E-state index in [1.54, 1.807) is 30.3 Å². The summed E-state index contributed by atoms with van der Waals surface area (Å²) in [7, 11) is -4.11. The van der Waals surface area contributed by atoms with Gasteiger partial charge in [0.2, 0.25) is 10.0 Å². The Balaban J connectivity index is 1.84. The van der Waals surface area contributed by atoms with Gasteiger partial charge in [0.05, 0.1) is 28.1 Å². The molecule has 0 aromatic heterocycles. The van der Waals surface area contributed by atoms with Crippen molar-refractivity contribution in [3.63, 3.8) is 0 Å². The first kappa shape index (κ1) is 26.8. The lowest BCUT2D eigenvalue weighted by Gasteiger charge is -2.22. The summed E-state index contributed by atoms with van der Waals surface area (Å²) in [6, 6.07) is 16.4. The summed E-state index contributed by atoms with van der Waals surface area (Å²) < 4.78 is 28.3. The summed E-state index contributed by atoms with van der Waals surface area (Å²) in [5.74, 6) is -0.759. The quantitative estimate of drug-likeness (QED) is 0.211. The number of nitro benzene ring substituents is 1. The second kappa shape index (κ2) is 11.7. The van der Waals surface area contributed by atoms with Crippen LogP contribution in [-0.4, -0.2) is 36.3 Å². The Morgan fingerprint density at radius 1 is 1.11 bits per heavy atom. The van der Waals surface area contributed by atoms with Crippen molar-refractivity contribution in [2.45, 2.75) is 11.4 Å². The maximum atomic E-state index is 13.3. The lowest BCUT2D eigenvalue weighted by Crippen LogP contribution is -2.39. The van der Waals surface area contributed by atoms with Crippen molar-refractivity contribution in [2.75, 3.05) is 6.54 Å². The molecule has 0 aliphatic carbocycles. The zero-order valence-corrected chi connectivity index (χ0v) is 21.7. The number of nitrogens with one attached hydrogen (secondary N) is 1. The number of rotatable bonds is 9. The van der Waals surface area contributed by atoms with Crippen LogP contribution in [-0.2, 0) is 21.4 Å². The van der Waals surface area contributed by atoms with Crippen molar-refractivity contribution in [1.82, 2.24) is 9.73 Å². The van der Waals surface area contributed by atoms with Gasteiger partial charge in [-0.15, -0.1) is 0 Å². The molecule has 0 heterocycles. The first-order chi connectivity index (χ1) is 16.6. The van der Waals surface area contributed by atoms with E-state index >= 15 is 0 Å². The van der Waals surface area contributed by atoms with Crippen LogP contribution in [0.25, 0.3) is 0 Å². The number of para-hydroxylation sites is 1. The molecule has 0 saturated heterocycles. The molecule has 35 heavy (non-hydrogen) atoms. The van der Waals surface area contributed by atoms with E-state index in [1.165, 1.54) is 36.4 Å². The smallest absolute Gasteiger partial charge is 0.272 e. The number of amides is 1. The molecule has 0 fully saturated rings. The molecule has 1 amide bonds. The SMILES string of the molecule is O=C(CN(Cc1ccc(Cl)cc1Cl)S(=O)(=O)c1ccc(Br)cc1)N/N=C/c1ccccc1[N+](=O)[O-]. The molecule has 1 N–H and O–H groups in total. The van der Waals surface area contributed by atoms with Crippen LogP contribution >= 0.6 is 39.1 Å². The highest BCUT2D eigenvalue weighted by Gasteiger charge is 2.27. The fourth-order valence-corrected chi connectivity index (χ4v) is 5.06. The highest BCUT2D eigenvalue weighted by Crippen LogP contribution is 2.26. The molecule has 0 unspecified atom stereocenters. The van der Waals surface area contributed by atoms with Gasteiger partial charge in [-0.2, -0.15) is 9.41 Å². The van der Waals surface area contributed by atoms with E-state index < -0.39 is 27.4 Å². The van der Waals surface area contributed by atoms with Crippen LogP contribution in [0, 0.1) is 10.1 Å². The van der Waals surface area contributed by atoms with Gasteiger partial charge in [0.1, 0.15) is 0 Å². The minimum Gasteiger partial charge on any atom is -0.272 e. The van der Waals surface area contributed by atoms with Crippen molar-refractivity contribution < 1.29 is 18.1 Å². The van der Waals surface area contributed by atoms with Crippen LogP contribution < -0.4 is 5.43 Å². The summed E-state index contributed by atoms with van der Waals surface area (Å²) in [5.41, 5.74) is 2.63. The van der Waals surface area contributed by atoms with Gasteiger partial charge in [0.15, 0.2) is 0 Å². The van der Waals surface area contributed by atoms with Crippen molar-refractivity contribution in [3.8, 4) is 0 Å². The van der Waals surface area contributed by atoms with Crippen molar-refractivity contribution in [1.29, 1.82) is 0 Å². The number of nitrogens with zero attached hydrogens (tertiary/aromatic N) is 3. The highest BCUT2D eigenvalue weighted by atomic mass is 79.9. The maximum Gasteiger partial charge on any atom is 0.278 e. The van der Waals surface area contributed by atoms with Gasteiger partial charge < -0.3 is 0 Å². The van der Waals surface area contributed by atoms with E-state index in [4.69, 9.17) is 23.2 Å². The van der Waals surface area contributed by atoms with E-state index in [-0.39, 0.29) is 27.7 Å². The van der Waals surface area contributed by atoms with Gasteiger partial charge in [-0.25, -0.2) is 13.8 Å². The summed E-state index contributed by atoms with van der Waals surface area (Å²) >= 11 is 15.4. The molecule has 0 radical (unpaired) electrons. The summed E-state index contributed by atoms with van der Waals surface area (Å²) in [4.78, 5) is 23.1. The Morgan fingerprint density at radius 2 is 1.80 bits per heavy atom. The van der Waals surface area contributed by atoms with Crippen molar-refractivity contribution in [2.24, 2.45) is 5.10 Å². The topological polar surface area (TPSA) is 122 Å². The molecule has 13 heteroatoms. The number of benzene rings is 3. The fraction of sp³-hybridized carbons (Fsp3) is 0.0909. The fourth-order valence-electron chi connectivity index (χ4n) is 2.95. The number of sulfonamides is 1. The lowest BCUT2D eigenvalue weighted by atomic mass is 10.2. The van der Waals surface area contributed by atoms with Gasteiger partial charge in [-0.1, -0.05) is 57.3 Å². The predicted octanol–water partition coefficient (Wildman–Crippen LogP) is 5.01. The monoisotopic (exact) mass is 598 g/mol. The number of hydrogen-bond acceptors (Lipinski definition) is 6. The highest BCUT2D eigenvalue weighted by molar-refractivity contribution is 9.10. The van der Waals surface area contributed by atoms with E-state index in [9.17, 15) is 23.3 Å². The number of nitro groups is 1. The first-order valence-corrected chi connectivity index (χ1v) is 12.8. The first-order valence-electron chi connectivity index (χ1n) is 9.83. The molecule has 0 aliphatic heterocycles. The molecule has 0 bridgehead atoms. The zero-order valence-electron chi connectivity index (χ0n) is 17.8. The van der Waals surface area contributed by atoms with Gasteiger partial charge in [-0.05, 0) is 48.0 Å². The zero-order chi connectivity index (χ0) is 25.6. The van der Waals surface area contributed by atoms with Crippen LogP contribution in [0.5, 0.6) is 0 Å². The Morgan fingerprint density at radius 3 is 2.46 bits per heavy atom. The number of halogens is 3. The van der Waals surface area contributed by atoms with E-state index in [1.807, 2.05) is 0 Å². The standard InChI is InChI=1S/C22H17BrCl2N4O5S/c23-17-6-9-19(10-7-17)35(33,34)28(13-16-5-8-18(24)11-20(16)25)14-22(30)27-26-12-15-3-1-2-4-21(15)29(31)32/h1-12H,13-14H2,(H,27,30)/b26-12+. The molecule has 3 aromatic rings. The maximum absolute atomic E-state index is 13.3. The normalized spacial score (nSPS) is 11.7. The lowest BCUT2D eigenvalue weighted by molar-refractivity contribution is -0.385.